The minimum Gasteiger partial charge on any atom is -0.390 e. The van der Waals surface area contributed by atoms with Crippen molar-refractivity contribution in [2.24, 2.45) is 16.8 Å². The molecule has 2 amide bonds. The van der Waals surface area contributed by atoms with Gasteiger partial charge in [-0.15, -0.1) is 0 Å². The smallest absolute Gasteiger partial charge is 0.280 e. The van der Waals surface area contributed by atoms with Crippen molar-refractivity contribution < 1.29 is 19.1 Å². The number of amides is 2. The number of aliphatic hydroxyl groups is 1. The monoisotopic (exact) mass is 602 g/mol. The number of hydrogen-bond donors (Lipinski definition) is 3. The van der Waals surface area contributed by atoms with Gasteiger partial charge in [0.25, 0.3) is 5.91 Å². The van der Waals surface area contributed by atoms with Crippen LogP contribution in [0.4, 0.5) is 4.39 Å². The van der Waals surface area contributed by atoms with E-state index in [0.717, 1.165) is 80.8 Å². The fraction of sp³-hybridized carbons (Fsp3) is 0.529. The van der Waals surface area contributed by atoms with Crippen LogP contribution in [-0.2, 0) is 11.3 Å². The molecule has 9 nitrogen and oxygen atoms in total. The number of carbonyl (C=O) groups excluding carboxylic acids is 2. The van der Waals surface area contributed by atoms with E-state index in [4.69, 9.17) is 0 Å². The molecule has 0 bridgehead atoms. The molecule has 1 aliphatic heterocycles. The largest absolute Gasteiger partial charge is 0.390 e. The summed E-state index contributed by atoms with van der Waals surface area (Å²) in [5, 5.41) is 22.7. The van der Waals surface area contributed by atoms with E-state index in [-0.39, 0.29) is 41.0 Å². The SMILES string of the molecule is CC(C)NC(=O)[C@H]1CC[C@@H](n2/c(=N/C(=O)c3ccc(F)c(C#N)c3)[nH]c3ccc(CN4CCC(C(C)(C)O)CC4)cc32)CC1. The second-order valence-corrected chi connectivity index (χ2v) is 13.3. The van der Waals surface area contributed by atoms with E-state index in [1.165, 1.54) is 12.1 Å². The molecule has 2 aromatic carbocycles. The van der Waals surface area contributed by atoms with Gasteiger partial charge in [-0.2, -0.15) is 10.3 Å². The Kier molecular flexibility index (Phi) is 9.37. The molecule has 0 unspecified atom stereocenters. The van der Waals surface area contributed by atoms with Crippen molar-refractivity contribution in [3.8, 4) is 6.07 Å². The van der Waals surface area contributed by atoms with Gasteiger partial charge in [0, 0.05) is 30.1 Å². The van der Waals surface area contributed by atoms with Crippen molar-refractivity contribution in [2.75, 3.05) is 13.1 Å². The van der Waals surface area contributed by atoms with Crippen molar-refractivity contribution in [1.29, 1.82) is 5.26 Å². The number of nitriles is 1. The Morgan fingerprint density at radius 1 is 1.11 bits per heavy atom. The Morgan fingerprint density at radius 3 is 2.45 bits per heavy atom. The number of H-pyrrole nitrogens is 1. The van der Waals surface area contributed by atoms with Crippen molar-refractivity contribution in [3.63, 3.8) is 0 Å². The lowest BCUT2D eigenvalue weighted by Gasteiger charge is -2.37. The van der Waals surface area contributed by atoms with E-state index < -0.39 is 17.3 Å². The quantitative estimate of drug-likeness (QED) is 0.352. The van der Waals surface area contributed by atoms with E-state index in [0.29, 0.717) is 5.62 Å². The summed E-state index contributed by atoms with van der Waals surface area (Å²) in [5.74, 6) is -0.922. The van der Waals surface area contributed by atoms with Gasteiger partial charge in [0.2, 0.25) is 11.5 Å². The number of fused-ring (bicyclic) bond motifs is 1. The Morgan fingerprint density at radius 2 is 1.82 bits per heavy atom. The molecule has 234 valence electrons. The molecule has 1 saturated heterocycles. The lowest BCUT2D eigenvalue weighted by atomic mass is 9.83. The fourth-order valence-corrected chi connectivity index (χ4v) is 6.69. The van der Waals surface area contributed by atoms with Gasteiger partial charge in [-0.1, -0.05) is 6.07 Å². The summed E-state index contributed by atoms with van der Waals surface area (Å²) >= 11 is 0. The van der Waals surface area contributed by atoms with Crippen molar-refractivity contribution in [3.05, 3.63) is 64.5 Å². The Bertz CT molecular complexity index is 1630. The number of halogens is 1. The summed E-state index contributed by atoms with van der Waals surface area (Å²) in [7, 11) is 0. The summed E-state index contributed by atoms with van der Waals surface area (Å²) in [5.41, 5.74) is 2.59. The van der Waals surface area contributed by atoms with Crippen LogP contribution in [0.25, 0.3) is 11.0 Å². The Hall–Kier alpha value is -3.81. The second-order valence-electron chi connectivity index (χ2n) is 13.3. The third kappa shape index (κ3) is 7.11. The number of aromatic nitrogens is 2. The average molecular weight is 603 g/mol. The maximum Gasteiger partial charge on any atom is 0.280 e. The first kappa shape index (κ1) is 31.6. The molecule has 1 aliphatic carbocycles. The first-order chi connectivity index (χ1) is 20.9. The van der Waals surface area contributed by atoms with Crippen LogP contribution in [-0.4, -0.2) is 56.1 Å². The molecule has 0 radical (unpaired) electrons. The fourth-order valence-electron chi connectivity index (χ4n) is 6.69. The van der Waals surface area contributed by atoms with Gasteiger partial charge < -0.3 is 20.0 Å². The van der Waals surface area contributed by atoms with Gasteiger partial charge in [0.05, 0.1) is 22.2 Å². The molecule has 3 aromatic rings. The first-order valence-corrected chi connectivity index (χ1v) is 15.7. The van der Waals surface area contributed by atoms with Gasteiger partial charge in [0.15, 0.2) is 0 Å². The molecule has 1 saturated carbocycles. The minimum absolute atomic E-state index is 0.0269. The van der Waals surface area contributed by atoms with Crippen LogP contribution in [0, 0.1) is 29.0 Å². The van der Waals surface area contributed by atoms with E-state index in [9.17, 15) is 24.3 Å². The van der Waals surface area contributed by atoms with E-state index >= 15 is 0 Å². The first-order valence-electron chi connectivity index (χ1n) is 15.7. The Balaban J connectivity index is 1.46. The molecule has 0 atom stereocenters. The zero-order valence-corrected chi connectivity index (χ0v) is 26.1. The van der Waals surface area contributed by atoms with Crippen LogP contribution in [0.1, 0.15) is 93.7 Å². The molecular formula is C34H43FN6O3. The molecule has 0 spiro atoms. The zero-order chi connectivity index (χ0) is 31.6. The summed E-state index contributed by atoms with van der Waals surface area (Å²) in [4.78, 5) is 36.2. The van der Waals surface area contributed by atoms with E-state index in [1.807, 2.05) is 33.8 Å². The number of nitrogens with zero attached hydrogens (tertiary/aromatic N) is 4. The highest BCUT2D eigenvalue weighted by Crippen LogP contribution is 2.34. The predicted octanol–water partition coefficient (Wildman–Crippen LogP) is 4.96. The van der Waals surface area contributed by atoms with E-state index in [1.54, 1.807) is 6.07 Å². The molecule has 2 heterocycles. The van der Waals surface area contributed by atoms with Crippen LogP contribution < -0.4 is 10.9 Å². The normalized spacial score (nSPS) is 20.6. The van der Waals surface area contributed by atoms with Gasteiger partial charge in [-0.05, 0) is 121 Å². The van der Waals surface area contributed by atoms with Crippen LogP contribution in [0.5, 0.6) is 0 Å². The third-order valence-electron chi connectivity index (χ3n) is 9.19. The zero-order valence-electron chi connectivity index (χ0n) is 26.1. The molecule has 3 N–H and O–H groups in total. The lowest BCUT2D eigenvalue weighted by Crippen LogP contribution is -2.41. The number of carbonyl (C=O) groups is 2. The highest BCUT2D eigenvalue weighted by Gasteiger charge is 2.31. The standard InChI is InChI=1S/C34H43FN6O3/c1-21(2)37-31(42)23-6-9-27(10-7-23)41-30-17-22(20-40-15-13-26(14-16-40)34(3,4)44)5-12-29(30)38-33(41)39-32(43)24-8-11-28(35)25(18-24)19-36/h5,8,11-12,17-18,21,23,26-27,44H,6-7,9-10,13-16,20H2,1-4H3,(H,37,42)(H,38,39,43)/t23-,27+. The summed E-state index contributed by atoms with van der Waals surface area (Å²) in [6, 6.07) is 11.8. The number of benzene rings is 2. The van der Waals surface area contributed by atoms with Gasteiger partial charge in [-0.3, -0.25) is 14.5 Å². The van der Waals surface area contributed by atoms with Crippen LogP contribution >= 0.6 is 0 Å². The average Bonchev–Trinajstić information content (AvgIpc) is 3.33. The van der Waals surface area contributed by atoms with Crippen LogP contribution in [0.2, 0.25) is 0 Å². The van der Waals surface area contributed by atoms with Gasteiger partial charge in [0.1, 0.15) is 11.9 Å². The molecule has 5 rings (SSSR count). The maximum absolute atomic E-state index is 13.9. The predicted molar refractivity (Wildman–Crippen MR) is 166 cm³/mol. The maximum atomic E-state index is 13.9. The number of hydrogen-bond acceptors (Lipinski definition) is 5. The van der Waals surface area contributed by atoms with Crippen molar-refractivity contribution in [1.82, 2.24) is 19.8 Å². The minimum atomic E-state index is -0.681. The number of imidazole rings is 1. The molecule has 44 heavy (non-hydrogen) atoms. The third-order valence-corrected chi connectivity index (χ3v) is 9.19. The lowest BCUT2D eigenvalue weighted by molar-refractivity contribution is -0.126. The number of piperidine rings is 1. The molecular weight excluding hydrogens is 559 g/mol. The number of likely N-dealkylation sites (tertiary alicyclic amines) is 1. The number of rotatable bonds is 7. The summed E-state index contributed by atoms with van der Waals surface area (Å²) in [6.45, 7) is 10.3. The number of aromatic amines is 1. The number of nitrogens with one attached hydrogen (secondary N) is 2. The van der Waals surface area contributed by atoms with Gasteiger partial charge >= 0.3 is 0 Å². The van der Waals surface area contributed by atoms with E-state index in [2.05, 4.69) is 36.9 Å². The van der Waals surface area contributed by atoms with Crippen molar-refractivity contribution >= 4 is 22.8 Å². The van der Waals surface area contributed by atoms with Gasteiger partial charge in [-0.25, -0.2) is 4.39 Å². The molecule has 2 fully saturated rings. The van der Waals surface area contributed by atoms with Crippen LogP contribution in [0.15, 0.2) is 41.4 Å². The second kappa shape index (κ2) is 13.0. The Labute approximate surface area is 257 Å². The molecule has 2 aliphatic rings. The van der Waals surface area contributed by atoms with Crippen molar-refractivity contribution in [2.45, 2.75) is 90.4 Å². The topological polar surface area (TPSA) is 127 Å². The highest BCUT2D eigenvalue weighted by atomic mass is 19.1. The molecule has 1 aromatic heterocycles. The highest BCUT2D eigenvalue weighted by molar-refractivity contribution is 5.95. The summed E-state index contributed by atoms with van der Waals surface area (Å²) in [6.07, 6.45) is 4.88. The summed E-state index contributed by atoms with van der Waals surface area (Å²) < 4.78 is 16.0. The molecule has 10 heteroatoms. The van der Waals surface area contributed by atoms with Crippen LogP contribution in [0.3, 0.4) is 0 Å².